The molecule has 2 fully saturated rings. The summed E-state index contributed by atoms with van der Waals surface area (Å²) < 4.78 is 0. The summed E-state index contributed by atoms with van der Waals surface area (Å²) in [5.74, 6) is 0.333. The molecular weight excluding hydrogens is 338 g/mol. The first-order chi connectivity index (χ1) is 12.6. The molecule has 3 heterocycles. The first-order valence-corrected chi connectivity index (χ1v) is 10.5. The molecule has 0 saturated carbocycles. The van der Waals surface area contributed by atoms with E-state index in [2.05, 4.69) is 53.8 Å². The Balaban J connectivity index is 1.69. The maximum atomic E-state index is 9.69. The molecule has 2 atom stereocenters. The summed E-state index contributed by atoms with van der Waals surface area (Å²) in [5, 5.41) is 14.1. The number of hydrogen-bond donors (Lipinski definition) is 1. The molecule has 2 bridgehead atoms. The van der Waals surface area contributed by atoms with Crippen LogP contribution in [0.25, 0.3) is 5.57 Å². The summed E-state index contributed by atoms with van der Waals surface area (Å²) in [4.78, 5) is 2.72. The van der Waals surface area contributed by atoms with Gasteiger partial charge in [0.1, 0.15) is 5.75 Å². The normalized spacial score (nSPS) is 22.5. The van der Waals surface area contributed by atoms with E-state index in [0.29, 0.717) is 17.8 Å². The van der Waals surface area contributed by atoms with Crippen LogP contribution in [0.5, 0.6) is 5.75 Å². The number of nitrogens with zero attached hydrogens (tertiary/aromatic N) is 1. The van der Waals surface area contributed by atoms with Crippen molar-refractivity contribution in [2.75, 3.05) is 6.54 Å². The Hall–Kier alpha value is -1.84. The minimum absolute atomic E-state index is 0.333. The Labute approximate surface area is 160 Å². The molecule has 2 unspecified atom stereocenters. The van der Waals surface area contributed by atoms with Gasteiger partial charge in [0.25, 0.3) is 0 Å². The molecule has 2 saturated heterocycles. The molecule has 136 valence electrons. The van der Waals surface area contributed by atoms with Crippen molar-refractivity contribution in [1.29, 1.82) is 0 Å². The third-order valence-corrected chi connectivity index (χ3v) is 6.45. The predicted molar refractivity (Wildman–Crippen MR) is 111 cm³/mol. The van der Waals surface area contributed by atoms with Crippen LogP contribution in [-0.4, -0.2) is 28.6 Å². The Bertz CT molecular complexity index is 796. The summed E-state index contributed by atoms with van der Waals surface area (Å²) in [6.45, 7) is 5.48. The largest absolute Gasteiger partial charge is 0.508 e. The fourth-order valence-electron chi connectivity index (χ4n) is 4.51. The van der Waals surface area contributed by atoms with E-state index in [-0.39, 0.29) is 0 Å². The van der Waals surface area contributed by atoms with Gasteiger partial charge in [0.05, 0.1) is 0 Å². The molecule has 1 aromatic heterocycles. The predicted octanol–water partition coefficient (Wildman–Crippen LogP) is 5.85. The molecule has 0 amide bonds. The van der Waals surface area contributed by atoms with E-state index < -0.39 is 0 Å². The van der Waals surface area contributed by atoms with E-state index in [1.54, 1.807) is 29.0 Å². The number of allylic oxidation sites excluding steroid dienone is 1. The van der Waals surface area contributed by atoms with E-state index in [1.165, 1.54) is 48.0 Å². The maximum Gasteiger partial charge on any atom is 0.115 e. The number of fused-ring (bicyclic) bond motifs is 2. The molecule has 0 spiro atoms. The Kier molecular flexibility index (Phi) is 5.01. The zero-order valence-electron chi connectivity index (χ0n) is 15.6. The van der Waals surface area contributed by atoms with E-state index >= 15 is 0 Å². The monoisotopic (exact) mass is 365 g/mol. The highest BCUT2D eigenvalue weighted by Gasteiger charge is 2.38. The van der Waals surface area contributed by atoms with Crippen molar-refractivity contribution >= 4 is 16.9 Å². The zero-order chi connectivity index (χ0) is 18.1. The topological polar surface area (TPSA) is 23.5 Å². The molecule has 0 aliphatic carbocycles. The van der Waals surface area contributed by atoms with Crippen LogP contribution in [0.15, 0.2) is 58.3 Å². The van der Waals surface area contributed by atoms with Gasteiger partial charge in [-0.3, -0.25) is 4.90 Å². The maximum absolute atomic E-state index is 9.69. The van der Waals surface area contributed by atoms with Gasteiger partial charge >= 0.3 is 0 Å². The summed E-state index contributed by atoms with van der Waals surface area (Å²) >= 11 is 1.76. The quantitative estimate of drug-likeness (QED) is 0.687. The molecule has 4 rings (SSSR count). The number of aromatic hydroxyl groups is 1. The van der Waals surface area contributed by atoms with Gasteiger partial charge in [-0.15, -0.1) is 0 Å². The van der Waals surface area contributed by atoms with Crippen molar-refractivity contribution in [2.45, 2.75) is 51.6 Å². The third kappa shape index (κ3) is 3.51. The van der Waals surface area contributed by atoms with E-state index in [4.69, 9.17) is 0 Å². The van der Waals surface area contributed by atoms with Crippen LogP contribution in [0.2, 0.25) is 0 Å². The standard InChI is InChI=1S/C23H27NOS/c1-16(2)9-11-24-20-5-6-21(24)14-19(13-20)23(18-10-12-26-15-18)17-3-7-22(25)8-4-17/h3-4,7-10,12,15,20-21,25H,5-6,11,13-14H2,1-2H3. The lowest BCUT2D eigenvalue weighted by Gasteiger charge is -2.36. The van der Waals surface area contributed by atoms with Crippen LogP contribution in [0, 0.1) is 0 Å². The number of thiophene rings is 1. The van der Waals surface area contributed by atoms with Gasteiger partial charge in [-0.1, -0.05) is 29.4 Å². The van der Waals surface area contributed by atoms with Crippen molar-refractivity contribution in [3.8, 4) is 5.75 Å². The van der Waals surface area contributed by atoms with Crippen LogP contribution in [-0.2, 0) is 0 Å². The minimum Gasteiger partial charge on any atom is -0.508 e. The number of phenolic OH excluding ortho intramolecular Hbond substituents is 1. The SMILES string of the molecule is CC(C)=CCN1C2CCC1CC(=C(c1ccc(O)cc1)c1ccsc1)C2. The van der Waals surface area contributed by atoms with Crippen LogP contribution >= 0.6 is 11.3 Å². The van der Waals surface area contributed by atoms with Crippen molar-refractivity contribution in [2.24, 2.45) is 0 Å². The van der Waals surface area contributed by atoms with Crippen LogP contribution in [0.1, 0.15) is 50.7 Å². The molecule has 2 aliphatic heterocycles. The van der Waals surface area contributed by atoms with Crippen LogP contribution in [0.3, 0.4) is 0 Å². The number of hydrogen-bond acceptors (Lipinski definition) is 3. The van der Waals surface area contributed by atoms with E-state index in [0.717, 1.165) is 6.54 Å². The Morgan fingerprint density at radius 2 is 1.77 bits per heavy atom. The highest BCUT2D eigenvalue weighted by atomic mass is 32.1. The highest BCUT2D eigenvalue weighted by Crippen LogP contribution is 2.43. The van der Waals surface area contributed by atoms with Crippen molar-refractivity contribution < 1.29 is 5.11 Å². The zero-order valence-corrected chi connectivity index (χ0v) is 16.4. The molecule has 1 aromatic carbocycles. The van der Waals surface area contributed by atoms with Gasteiger partial charge in [0.2, 0.25) is 0 Å². The first-order valence-electron chi connectivity index (χ1n) is 9.55. The number of rotatable bonds is 4. The molecular formula is C23H27NOS. The fourth-order valence-corrected chi connectivity index (χ4v) is 5.15. The van der Waals surface area contributed by atoms with Gasteiger partial charge in [-0.05, 0) is 85.2 Å². The lowest BCUT2D eigenvalue weighted by Crippen LogP contribution is -2.40. The Morgan fingerprint density at radius 3 is 2.35 bits per heavy atom. The van der Waals surface area contributed by atoms with Crippen molar-refractivity contribution in [1.82, 2.24) is 4.90 Å². The summed E-state index contributed by atoms with van der Waals surface area (Å²) in [7, 11) is 0. The van der Waals surface area contributed by atoms with Crippen LogP contribution in [0.4, 0.5) is 0 Å². The molecule has 0 radical (unpaired) electrons. The average molecular weight is 366 g/mol. The molecule has 2 aliphatic rings. The lowest BCUT2D eigenvalue weighted by molar-refractivity contribution is 0.186. The van der Waals surface area contributed by atoms with Crippen molar-refractivity contribution in [3.05, 3.63) is 69.4 Å². The van der Waals surface area contributed by atoms with Gasteiger partial charge in [0.15, 0.2) is 0 Å². The lowest BCUT2D eigenvalue weighted by atomic mass is 9.86. The second-order valence-corrected chi connectivity index (χ2v) is 8.59. The summed E-state index contributed by atoms with van der Waals surface area (Å²) in [6, 6.07) is 11.3. The second kappa shape index (κ2) is 7.42. The smallest absolute Gasteiger partial charge is 0.115 e. The fraction of sp³-hybridized carbons (Fsp3) is 0.391. The molecule has 2 aromatic rings. The molecule has 3 heteroatoms. The van der Waals surface area contributed by atoms with Gasteiger partial charge < -0.3 is 5.11 Å². The minimum atomic E-state index is 0.333. The van der Waals surface area contributed by atoms with Crippen molar-refractivity contribution in [3.63, 3.8) is 0 Å². The third-order valence-electron chi connectivity index (χ3n) is 5.76. The molecule has 1 N–H and O–H groups in total. The second-order valence-electron chi connectivity index (χ2n) is 7.81. The van der Waals surface area contributed by atoms with E-state index in [1.807, 2.05) is 0 Å². The Morgan fingerprint density at radius 1 is 1.08 bits per heavy atom. The van der Waals surface area contributed by atoms with Gasteiger partial charge in [-0.25, -0.2) is 0 Å². The number of piperidine rings is 1. The first kappa shape index (κ1) is 17.6. The van der Waals surface area contributed by atoms with Gasteiger partial charge in [0, 0.05) is 18.6 Å². The van der Waals surface area contributed by atoms with E-state index in [9.17, 15) is 5.11 Å². The molecule has 2 nitrogen and oxygen atoms in total. The number of benzene rings is 1. The number of phenols is 1. The summed E-state index contributed by atoms with van der Waals surface area (Å²) in [5.41, 5.74) is 6.95. The molecule has 26 heavy (non-hydrogen) atoms. The average Bonchev–Trinajstić information content (AvgIpc) is 3.21. The summed E-state index contributed by atoms with van der Waals surface area (Å²) in [6.07, 6.45) is 7.34. The highest BCUT2D eigenvalue weighted by molar-refractivity contribution is 7.08. The van der Waals surface area contributed by atoms with Gasteiger partial charge in [-0.2, -0.15) is 11.3 Å². The van der Waals surface area contributed by atoms with Crippen LogP contribution < -0.4 is 0 Å².